The lowest BCUT2D eigenvalue weighted by Crippen LogP contribution is -2.17. The number of benzene rings is 1. The van der Waals surface area contributed by atoms with Crippen molar-refractivity contribution in [2.24, 2.45) is 0 Å². The Balaban J connectivity index is 2.83. The summed E-state index contributed by atoms with van der Waals surface area (Å²) >= 11 is 8.53. The van der Waals surface area contributed by atoms with Gasteiger partial charge in [-0.2, -0.15) is 0 Å². The van der Waals surface area contributed by atoms with Crippen LogP contribution < -0.4 is 4.72 Å². The Morgan fingerprint density at radius 3 is 2.75 bits per heavy atom. The van der Waals surface area contributed by atoms with E-state index >= 15 is 0 Å². The largest absolute Gasteiger partial charge is 0.281 e. The molecule has 1 rings (SSSR count). The molecule has 0 aliphatic carbocycles. The Labute approximate surface area is 107 Å². The van der Waals surface area contributed by atoms with E-state index in [4.69, 9.17) is 11.6 Å². The Morgan fingerprint density at radius 1 is 1.44 bits per heavy atom. The van der Waals surface area contributed by atoms with Crippen LogP contribution in [-0.4, -0.2) is 20.1 Å². The van der Waals surface area contributed by atoms with Gasteiger partial charge >= 0.3 is 0 Å². The highest BCUT2D eigenvalue weighted by Crippen LogP contribution is 2.21. The first kappa shape index (κ1) is 13.7. The van der Waals surface area contributed by atoms with Crippen molar-refractivity contribution in [3.8, 4) is 0 Å². The van der Waals surface area contributed by atoms with Crippen molar-refractivity contribution in [3.63, 3.8) is 0 Å². The van der Waals surface area contributed by atoms with Crippen molar-refractivity contribution in [2.75, 3.05) is 16.4 Å². The summed E-state index contributed by atoms with van der Waals surface area (Å²) < 4.78 is 39.0. The average molecular weight is 331 g/mol. The monoisotopic (exact) mass is 329 g/mol. The number of halogens is 3. The van der Waals surface area contributed by atoms with E-state index in [1.165, 1.54) is 18.2 Å². The van der Waals surface area contributed by atoms with Gasteiger partial charge in [0.15, 0.2) is 0 Å². The number of sulfonamides is 1. The van der Waals surface area contributed by atoms with E-state index in [1.807, 2.05) is 0 Å². The fourth-order valence-electron chi connectivity index (χ4n) is 1.04. The van der Waals surface area contributed by atoms with Crippen LogP contribution in [0, 0.1) is 5.82 Å². The molecular weight excluding hydrogens is 321 g/mol. The number of hydrogen-bond acceptors (Lipinski definition) is 2. The highest BCUT2D eigenvalue weighted by Gasteiger charge is 2.12. The quantitative estimate of drug-likeness (QED) is 0.844. The first-order valence-corrected chi connectivity index (χ1v) is 7.44. The molecule has 0 aliphatic heterocycles. The second kappa shape index (κ2) is 5.84. The van der Waals surface area contributed by atoms with Crippen molar-refractivity contribution in [1.82, 2.24) is 0 Å². The smallest absolute Gasteiger partial charge is 0.232 e. The van der Waals surface area contributed by atoms with Gasteiger partial charge in [0.25, 0.3) is 0 Å². The fourth-order valence-corrected chi connectivity index (χ4v) is 2.81. The van der Waals surface area contributed by atoms with Crippen molar-refractivity contribution >= 4 is 43.2 Å². The molecule has 1 N–H and O–H groups in total. The van der Waals surface area contributed by atoms with Gasteiger partial charge in [0.2, 0.25) is 10.0 Å². The molecule has 0 aliphatic rings. The van der Waals surface area contributed by atoms with Crippen molar-refractivity contribution in [1.29, 1.82) is 0 Å². The zero-order valence-electron chi connectivity index (χ0n) is 8.21. The molecule has 1 aromatic rings. The van der Waals surface area contributed by atoms with E-state index in [0.29, 0.717) is 10.9 Å². The summed E-state index contributed by atoms with van der Waals surface area (Å²) in [6.07, 6.45) is 0.326. The number of nitrogens with one attached hydrogen (secondary N) is 1. The van der Waals surface area contributed by atoms with Crippen LogP contribution in [0.3, 0.4) is 0 Å². The molecule has 0 radical (unpaired) electrons. The predicted octanol–water partition coefficient (Wildman–Crippen LogP) is 2.96. The Hall–Kier alpha value is -0.330. The highest BCUT2D eigenvalue weighted by atomic mass is 79.9. The summed E-state index contributed by atoms with van der Waals surface area (Å²) in [7, 11) is -3.53. The van der Waals surface area contributed by atoms with Gasteiger partial charge in [0.05, 0.1) is 11.4 Å². The maximum Gasteiger partial charge on any atom is 0.232 e. The summed E-state index contributed by atoms with van der Waals surface area (Å²) in [5, 5.41) is 0. The highest BCUT2D eigenvalue weighted by molar-refractivity contribution is 9.10. The van der Waals surface area contributed by atoms with E-state index in [0.717, 1.165) is 0 Å². The average Bonchev–Trinajstić information content (AvgIpc) is 2.20. The van der Waals surface area contributed by atoms with E-state index in [9.17, 15) is 12.8 Å². The Bertz CT molecular complexity index is 467. The molecule has 0 unspecified atom stereocenters. The Kier molecular flexibility index (Phi) is 5.01. The predicted molar refractivity (Wildman–Crippen MR) is 66.8 cm³/mol. The van der Waals surface area contributed by atoms with Gasteiger partial charge in [-0.05, 0) is 24.6 Å². The molecular formula is C9H10BrClFNO2S. The van der Waals surface area contributed by atoms with Crippen LogP contribution in [0.25, 0.3) is 0 Å². The molecule has 0 fully saturated rings. The first-order chi connectivity index (χ1) is 7.44. The summed E-state index contributed by atoms with van der Waals surface area (Å²) in [6.45, 7) is 0. The third-order valence-corrected chi connectivity index (χ3v) is 3.86. The molecule has 16 heavy (non-hydrogen) atoms. The van der Waals surface area contributed by atoms with Gasteiger partial charge in [0, 0.05) is 10.4 Å². The van der Waals surface area contributed by atoms with Crippen LogP contribution in [0.4, 0.5) is 10.1 Å². The SMILES string of the molecule is O=S(=O)(CCCCl)Nc1cc(Br)ccc1F. The third-order valence-electron chi connectivity index (χ3n) is 1.74. The lowest BCUT2D eigenvalue weighted by molar-refractivity contribution is 0.597. The standard InChI is InChI=1S/C9H10BrClFNO2S/c10-7-2-3-8(12)9(6-7)13-16(14,15)5-1-4-11/h2-3,6,13H,1,4-5H2. The zero-order chi connectivity index (χ0) is 12.2. The summed E-state index contributed by atoms with van der Waals surface area (Å²) in [4.78, 5) is 0. The molecule has 0 saturated heterocycles. The maximum atomic E-state index is 13.2. The van der Waals surface area contributed by atoms with Gasteiger partial charge in [-0.15, -0.1) is 11.6 Å². The van der Waals surface area contributed by atoms with Crippen LogP contribution in [0.5, 0.6) is 0 Å². The molecule has 3 nitrogen and oxygen atoms in total. The molecule has 7 heteroatoms. The van der Waals surface area contributed by atoms with E-state index in [1.54, 1.807) is 0 Å². The van der Waals surface area contributed by atoms with E-state index in [2.05, 4.69) is 20.7 Å². The summed E-state index contributed by atoms with van der Waals surface area (Å²) in [5.41, 5.74) is -0.0658. The molecule has 0 atom stereocenters. The molecule has 0 amide bonds. The van der Waals surface area contributed by atoms with Crippen molar-refractivity contribution < 1.29 is 12.8 Å². The van der Waals surface area contributed by atoms with Crippen LogP contribution >= 0.6 is 27.5 Å². The minimum atomic E-state index is -3.53. The van der Waals surface area contributed by atoms with Gasteiger partial charge in [0.1, 0.15) is 5.82 Å². The molecule has 1 aromatic carbocycles. The molecule has 0 saturated carbocycles. The minimum absolute atomic E-state index is 0.0658. The second-order valence-electron chi connectivity index (χ2n) is 3.09. The van der Waals surface area contributed by atoms with Gasteiger partial charge in [-0.1, -0.05) is 15.9 Å². The molecule has 90 valence electrons. The molecule has 0 spiro atoms. The zero-order valence-corrected chi connectivity index (χ0v) is 11.4. The number of hydrogen-bond donors (Lipinski definition) is 1. The second-order valence-corrected chi connectivity index (χ2v) is 6.22. The summed E-state index contributed by atoms with van der Waals surface area (Å²) in [6, 6.07) is 4.04. The van der Waals surface area contributed by atoms with Gasteiger partial charge < -0.3 is 0 Å². The van der Waals surface area contributed by atoms with Crippen molar-refractivity contribution in [3.05, 3.63) is 28.5 Å². The normalized spacial score (nSPS) is 11.4. The molecule has 0 bridgehead atoms. The van der Waals surface area contributed by atoms with Gasteiger partial charge in [-0.25, -0.2) is 12.8 Å². The Morgan fingerprint density at radius 2 is 2.12 bits per heavy atom. The lowest BCUT2D eigenvalue weighted by atomic mass is 10.3. The van der Waals surface area contributed by atoms with Gasteiger partial charge in [-0.3, -0.25) is 4.72 Å². The van der Waals surface area contributed by atoms with Crippen LogP contribution in [0.15, 0.2) is 22.7 Å². The molecule has 0 aromatic heterocycles. The van der Waals surface area contributed by atoms with Crippen LogP contribution in [0.2, 0.25) is 0 Å². The maximum absolute atomic E-state index is 13.2. The summed E-state index contributed by atoms with van der Waals surface area (Å²) in [5.74, 6) is -0.484. The van der Waals surface area contributed by atoms with Crippen LogP contribution in [0.1, 0.15) is 6.42 Å². The number of anilines is 1. The topological polar surface area (TPSA) is 46.2 Å². The lowest BCUT2D eigenvalue weighted by Gasteiger charge is -2.08. The molecule has 0 heterocycles. The third kappa shape index (κ3) is 4.27. The van der Waals surface area contributed by atoms with Crippen LogP contribution in [-0.2, 0) is 10.0 Å². The minimum Gasteiger partial charge on any atom is -0.281 e. The fraction of sp³-hybridized carbons (Fsp3) is 0.333. The number of rotatable bonds is 5. The first-order valence-electron chi connectivity index (χ1n) is 4.46. The number of alkyl halides is 1. The van der Waals surface area contributed by atoms with Crippen molar-refractivity contribution in [2.45, 2.75) is 6.42 Å². The van der Waals surface area contributed by atoms with E-state index < -0.39 is 15.8 Å². The van der Waals surface area contributed by atoms with E-state index in [-0.39, 0.29) is 17.3 Å².